The number of benzene rings is 1. The van der Waals surface area contributed by atoms with Crippen LogP contribution in [0.4, 0.5) is 0 Å². The molecule has 172 valence electrons. The molecule has 1 aliphatic heterocycles. The number of rotatable bonds is 9. The van der Waals surface area contributed by atoms with Crippen LogP contribution in [-0.2, 0) is 25.7 Å². The van der Waals surface area contributed by atoms with Crippen LogP contribution in [0.5, 0.6) is 0 Å². The lowest BCUT2D eigenvalue weighted by atomic mass is 9.85. The highest BCUT2D eigenvalue weighted by Crippen LogP contribution is 2.35. The summed E-state index contributed by atoms with van der Waals surface area (Å²) in [5.41, 5.74) is 0.836. The van der Waals surface area contributed by atoms with Gasteiger partial charge in [0.05, 0.1) is 11.8 Å². The van der Waals surface area contributed by atoms with E-state index in [9.17, 15) is 19.2 Å². The first-order chi connectivity index (χ1) is 15.3. The van der Waals surface area contributed by atoms with Crippen molar-refractivity contribution in [2.45, 2.75) is 52.1 Å². The fourth-order valence-electron chi connectivity index (χ4n) is 4.21. The molecule has 4 amide bonds. The zero-order valence-electron chi connectivity index (χ0n) is 18.6. The van der Waals surface area contributed by atoms with Crippen LogP contribution in [0, 0.1) is 11.8 Å². The number of likely N-dealkylation sites (tertiary alicyclic amines) is 1. The van der Waals surface area contributed by atoms with Crippen molar-refractivity contribution >= 4 is 35.2 Å². The first-order valence-electron chi connectivity index (χ1n) is 11.1. The van der Waals surface area contributed by atoms with Gasteiger partial charge in [0.1, 0.15) is 6.04 Å². The summed E-state index contributed by atoms with van der Waals surface area (Å²) in [6, 6.07) is 6.40. The molecule has 2 aliphatic rings. The fraction of sp³-hybridized carbons (Fsp3) is 0.500. The molecule has 0 aromatic heterocycles. The van der Waals surface area contributed by atoms with Gasteiger partial charge >= 0.3 is 0 Å². The third-order valence-corrected chi connectivity index (χ3v) is 6.38. The molecule has 0 radical (unpaired) electrons. The number of hydrogen-bond acceptors (Lipinski definition) is 4. The van der Waals surface area contributed by atoms with Gasteiger partial charge in [0.2, 0.25) is 23.6 Å². The van der Waals surface area contributed by atoms with Crippen molar-refractivity contribution in [3.8, 4) is 0 Å². The third kappa shape index (κ3) is 5.38. The molecule has 0 saturated carbocycles. The molecule has 8 heteroatoms. The molecule has 1 heterocycles. The average molecular weight is 460 g/mol. The monoisotopic (exact) mass is 459 g/mol. The van der Waals surface area contributed by atoms with Gasteiger partial charge in [0.25, 0.3) is 0 Å². The molecule has 1 N–H and O–H groups in total. The molecule has 1 fully saturated rings. The summed E-state index contributed by atoms with van der Waals surface area (Å²) < 4.78 is 0. The Morgan fingerprint density at radius 3 is 2.28 bits per heavy atom. The van der Waals surface area contributed by atoms with Crippen molar-refractivity contribution in [2.24, 2.45) is 11.8 Å². The van der Waals surface area contributed by atoms with Gasteiger partial charge in [-0.2, -0.15) is 0 Å². The van der Waals surface area contributed by atoms with Gasteiger partial charge in [-0.3, -0.25) is 24.1 Å². The lowest BCUT2D eigenvalue weighted by molar-refractivity contribution is -0.143. The minimum atomic E-state index is -0.693. The first-order valence-corrected chi connectivity index (χ1v) is 11.5. The van der Waals surface area contributed by atoms with Crippen molar-refractivity contribution in [3.63, 3.8) is 0 Å². The summed E-state index contributed by atoms with van der Waals surface area (Å²) in [5, 5.41) is 3.41. The molecule has 3 atom stereocenters. The Morgan fingerprint density at radius 2 is 1.72 bits per heavy atom. The van der Waals surface area contributed by atoms with E-state index in [2.05, 4.69) is 5.32 Å². The average Bonchev–Trinajstić information content (AvgIpc) is 3.04. The molecule has 0 bridgehead atoms. The third-order valence-electron chi connectivity index (χ3n) is 6.13. The normalized spacial score (nSPS) is 20.8. The highest BCUT2D eigenvalue weighted by molar-refractivity contribution is 6.30. The number of carbonyl (C=O) groups is 4. The zero-order chi connectivity index (χ0) is 23.3. The van der Waals surface area contributed by atoms with Gasteiger partial charge in [-0.1, -0.05) is 42.8 Å². The van der Waals surface area contributed by atoms with Gasteiger partial charge in [-0.25, -0.2) is 0 Å². The number of imide groups is 1. The summed E-state index contributed by atoms with van der Waals surface area (Å²) in [4.78, 5) is 53.8. The Bertz CT molecular complexity index is 873. The lowest BCUT2D eigenvalue weighted by Gasteiger charge is -2.29. The number of nitrogens with one attached hydrogen (secondary N) is 1. The molecular weight excluding hydrogens is 430 g/mol. The van der Waals surface area contributed by atoms with E-state index in [1.807, 2.05) is 31.2 Å². The highest BCUT2D eigenvalue weighted by atomic mass is 35.5. The topological polar surface area (TPSA) is 86.8 Å². The van der Waals surface area contributed by atoms with E-state index in [4.69, 9.17) is 11.6 Å². The largest absolute Gasteiger partial charge is 0.354 e. The number of nitrogens with zero attached hydrogens (tertiary/aromatic N) is 2. The number of fused-ring (bicyclic) bond motifs is 1. The number of carbonyl (C=O) groups excluding carboxylic acids is 4. The Morgan fingerprint density at radius 1 is 1.12 bits per heavy atom. The zero-order valence-corrected chi connectivity index (χ0v) is 19.3. The van der Waals surface area contributed by atoms with Gasteiger partial charge in [-0.15, -0.1) is 0 Å². The van der Waals surface area contributed by atoms with Crippen molar-refractivity contribution in [2.75, 3.05) is 13.1 Å². The van der Waals surface area contributed by atoms with Crippen LogP contribution in [0.15, 0.2) is 36.4 Å². The molecule has 1 aromatic carbocycles. The number of hydrogen-bond donors (Lipinski definition) is 1. The summed E-state index contributed by atoms with van der Waals surface area (Å²) >= 11 is 5.96. The SMILES string of the molecule is CCCNC(=O)[C@@H](C)N(Cc1ccc(Cl)cc1)C(=O)CCN1C(=O)[C@H]2CC=CC[C@H]2C1=O. The second-order valence-corrected chi connectivity index (χ2v) is 8.79. The van der Waals surface area contributed by atoms with E-state index in [-0.39, 0.29) is 55.0 Å². The van der Waals surface area contributed by atoms with Crippen LogP contribution < -0.4 is 5.32 Å². The predicted octanol–water partition coefficient (Wildman–Crippen LogP) is 2.92. The van der Waals surface area contributed by atoms with Gasteiger partial charge < -0.3 is 10.2 Å². The quantitative estimate of drug-likeness (QED) is 0.454. The van der Waals surface area contributed by atoms with E-state index in [1.165, 1.54) is 9.80 Å². The Kier molecular flexibility index (Phi) is 8.07. The number of halogens is 1. The Hall–Kier alpha value is -2.67. The van der Waals surface area contributed by atoms with Gasteiger partial charge in [0, 0.05) is 31.1 Å². The standard InChI is InChI=1S/C24H30ClN3O4/c1-3-13-26-22(30)16(2)28(15-17-8-10-18(25)11-9-17)21(29)12-14-27-23(31)19-6-4-5-7-20(19)24(27)32/h4-5,8-11,16,19-20H,3,6-7,12-15H2,1-2H3,(H,26,30)/t16-,19-,20+/m1/s1. The second-order valence-electron chi connectivity index (χ2n) is 8.35. The summed E-state index contributed by atoms with van der Waals surface area (Å²) in [6.07, 6.45) is 5.77. The molecule has 32 heavy (non-hydrogen) atoms. The van der Waals surface area contributed by atoms with Crippen LogP contribution >= 0.6 is 11.6 Å². The van der Waals surface area contributed by atoms with E-state index in [0.717, 1.165) is 12.0 Å². The van der Waals surface area contributed by atoms with Crippen LogP contribution in [0.3, 0.4) is 0 Å². The molecule has 1 aromatic rings. The summed E-state index contributed by atoms with van der Waals surface area (Å²) in [6.45, 7) is 4.43. The predicted molar refractivity (Wildman–Crippen MR) is 121 cm³/mol. The minimum Gasteiger partial charge on any atom is -0.354 e. The molecule has 0 unspecified atom stereocenters. The summed E-state index contributed by atoms with van der Waals surface area (Å²) in [7, 11) is 0. The van der Waals surface area contributed by atoms with Crippen molar-refractivity contribution in [3.05, 3.63) is 47.0 Å². The minimum absolute atomic E-state index is 0.0245. The van der Waals surface area contributed by atoms with Crippen LogP contribution in [-0.4, -0.2) is 52.6 Å². The first kappa shape index (κ1) is 24.0. The Balaban J connectivity index is 1.70. The molecule has 1 aliphatic carbocycles. The Labute approximate surface area is 193 Å². The van der Waals surface area contributed by atoms with Crippen molar-refractivity contribution in [1.82, 2.24) is 15.1 Å². The van der Waals surface area contributed by atoms with E-state index in [0.29, 0.717) is 24.4 Å². The second kappa shape index (κ2) is 10.8. The maximum atomic E-state index is 13.2. The van der Waals surface area contributed by atoms with E-state index < -0.39 is 6.04 Å². The molecule has 7 nitrogen and oxygen atoms in total. The number of allylic oxidation sites excluding steroid dienone is 2. The lowest BCUT2D eigenvalue weighted by Crippen LogP contribution is -2.48. The molecule has 0 spiro atoms. The van der Waals surface area contributed by atoms with Gasteiger partial charge in [-0.05, 0) is 43.9 Å². The summed E-state index contributed by atoms with van der Waals surface area (Å²) in [5.74, 6) is -1.55. The van der Waals surface area contributed by atoms with E-state index in [1.54, 1.807) is 19.1 Å². The van der Waals surface area contributed by atoms with Crippen LogP contribution in [0.25, 0.3) is 0 Å². The highest BCUT2D eigenvalue weighted by Gasteiger charge is 2.47. The van der Waals surface area contributed by atoms with Crippen LogP contribution in [0.1, 0.15) is 45.1 Å². The fourth-order valence-corrected chi connectivity index (χ4v) is 4.33. The maximum Gasteiger partial charge on any atom is 0.242 e. The maximum absolute atomic E-state index is 13.2. The molecular formula is C24H30ClN3O4. The van der Waals surface area contributed by atoms with Gasteiger partial charge in [0.15, 0.2) is 0 Å². The van der Waals surface area contributed by atoms with E-state index >= 15 is 0 Å². The number of amides is 4. The molecule has 1 saturated heterocycles. The van der Waals surface area contributed by atoms with Crippen molar-refractivity contribution in [1.29, 1.82) is 0 Å². The van der Waals surface area contributed by atoms with Crippen molar-refractivity contribution < 1.29 is 19.2 Å². The smallest absolute Gasteiger partial charge is 0.242 e. The molecule has 3 rings (SSSR count). The van der Waals surface area contributed by atoms with Crippen LogP contribution in [0.2, 0.25) is 5.02 Å².